The van der Waals surface area contributed by atoms with E-state index in [0.29, 0.717) is 0 Å². The predicted molar refractivity (Wildman–Crippen MR) is 63.7 cm³/mol. The Hall–Kier alpha value is -0.940. The summed E-state index contributed by atoms with van der Waals surface area (Å²) in [6.07, 6.45) is 4.29. The van der Waals surface area contributed by atoms with Crippen LogP contribution < -0.4 is 5.14 Å². The van der Waals surface area contributed by atoms with Crippen molar-refractivity contribution in [2.45, 2.75) is 44.9 Å². The van der Waals surface area contributed by atoms with Gasteiger partial charge in [0.2, 0.25) is 10.0 Å². The Morgan fingerprint density at radius 3 is 2.50 bits per heavy atom. The lowest BCUT2D eigenvalue weighted by molar-refractivity contribution is 0.596. The van der Waals surface area contributed by atoms with Gasteiger partial charge in [0.05, 0.1) is 0 Å². The van der Waals surface area contributed by atoms with E-state index in [1.807, 2.05) is 6.92 Å². The van der Waals surface area contributed by atoms with E-state index in [2.05, 4.69) is 11.9 Å². The van der Waals surface area contributed by atoms with Crippen LogP contribution in [-0.4, -0.2) is 13.4 Å². The molecule has 0 aliphatic heterocycles. The van der Waals surface area contributed by atoms with E-state index in [1.54, 1.807) is 6.92 Å². The molecule has 0 saturated carbocycles. The van der Waals surface area contributed by atoms with Gasteiger partial charge in [-0.25, -0.2) is 13.6 Å². The van der Waals surface area contributed by atoms with Gasteiger partial charge in [0.25, 0.3) is 0 Å². The number of primary sulfonamides is 1. The molecule has 0 unspecified atom stereocenters. The summed E-state index contributed by atoms with van der Waals surface area (Å²) >= 11 is 0. The Bertz CT molecular complexity index is 481. The number of aromatic nitrogens is 1. The molecule has 5 heteroatoms. The summed E-state index contributed by atoms with van der Waals surface area (Å²) in [6.45, 7) is 5.78. The average Bonchev–Trinajstić information content (AvgIpc) is 2.15. The van der Waals surface area contributed by atoms with Crippen LogP contribution in [0, 0.1) is 13.8 Å². The number of unbranched alkanes of at least 4 members (excludes halogenated alkanes) is 1. The van der Waals surface area contributed by atoms with Crippen LogP contribution in [0.15, 0.2) is 11.1 Å². The highest BCUT2D eigenvalue weighted by Gasteiger charge is 2.16. The molecule has 0 fully saturated rings. The Kier molecular flexibility index (Phi) is 4.04. The van der Waals surface area contributed by atoms with E-state index in [0.717, 1.165) is 36.1 Å². The smallest absolute Gasteiger partial charge is 0.239 e. The van der Waals surface area contributed by atoms with E-state index < -0.39 is 10.0 Å². The summed E-state index contributed by atoms with van der Waals surface area (Å²) in [5.41, 5.74) is 2.63. The predicted octanol–water partition coefficient (Wildman–Crippen LogP) is 1.69. The van der Waals surface area contributed by atoms with Gasteiger partial charge in [-0.3, -0.25) is 4.98 Å². The lowest BCUT2D eigenvalue weighted by Crippen LogP contribution is -2.15. The summed E-state index contributed by atoms with van der Waals surface area (Å²) in [5, 5.41) is 5.14. The minimum Gasteiger partial charge on any atom is -0.260 e. The molecule has 1 aromatic rings. The van der Waals surface area contributed by atoms with Crippen LogP contribution in [0.25, 0.3) is 0 Å². The third kappa shape index (κ3) is 2.80. The van der Waals surface area contributed by atoms with Crippen molar-refractivity contribution in [1.82, 2.24) is 4.98 Å². The Balaban J connectivity index is 3.27. The van der Waals surface area contributed by atoms with Gasteiger partial charge in [0.15, 0.2) is 0 Å². The molecule has 1 aromatic heterocycles. The largest absolute Gasteiger partial charge is 0.260 e. The van der Waals surface area contributed by atoms with Gasteiger partial charge in [0.1, 0.15) is 4.90 Å². The quantitative estimate of drug-likeness (QED) is 0.873. The Labute approximate surface area is 96.9 Å². The molecule has 1 heterocycles. The normalized spacial score (nSPS) is 11.8. The van der Waals surface area contributed by atoms with Gasteiger partial charge in [-0.15, -0.1) is 0 Å². The van der Waals surface area contributed by atoms with Crippen LogP contribution in [0.3, 0.4) is 0 Å². The number of aryl methyl sites for hydroxylation is 1. The fourth-order valence-corrected chi connectivity index (χ4v) is 2.51. The summed E-state index contributed by atoms with van der Waals surface area (Å²) in [7, 11) is -3.66. The molecule has 0 radical (unpaired) electrons. The molecule has 90 valence electrons. The van der Waals surface area contributed by atoms with Crippen molar-refractivity contribution in [2.24, 2.45) is 5.14 Å². The second-order valence-corrected chi connectivity index (χ2v) is 5.49. The number of rotatable bonds is 4. The zero-order valence-electron chi connectivity index (χ0n) is 9.95. The summed E-state index contributed by atoms with van der Waals surface area (Å²) in [6, 6.07) is 0. The fourth-order valence-electron chi connectivity index (χ4n) is 1.76. The van der Waals surface area contributed by atoms with Crippen molar-refractivity contribution in [3.8, 4) is 0 Å². The Morgan fingerprint density at radius 1 is 1.38 bits per heavy atom. The van der Waals surface area contributed by atoms with E-state index in [9.17, 15) is 8.42 Å². The molecule has 0 spiro atoms. The van der Waals surface area contributed by atoms with Gasteiger partial charge in [0, 0.05) is 11.9 Å². The van der Waals surface area contributed by atoms with Gasteiger partial charge >= 0.3 is 0 Å². The summed E-state index contributed by atoms with van der Waals surface area (Å²) in [4.78, 5) is 4.24. The molecule has 0 bridgehead atoms. The van der Waals surface area contributed by atoms with E-state index in [1.165, 1.54) is 6.20 Å². The molecule has 2 N–H and O–H groups in total. The van der Waals surface area contributed by atoms with Gasteiger partial charge in [-0.2, -0.15) is 0 Å². The number of pyridine rings is 1. The highest BCUT2D eigenvalue weighted by atomic mass is 32.2. The first-order valence-electron chi connectivity index (χ1n) is 5.35. The van der Waals surface area contributed by atoms with Crippen molar-refractivity contribution in [2.75, 3.05) is 0 Å². The van der Waals surface area contributed by atoms with Gasteiger partial charge in [-0.05, 0) is 37.8 Å². The van der Waals surface area contributed by atoms with Crippen molar-refractivity contribution in [1.29, 1.82) is 0 Å². The maximum atomic E-state index is 11.3. The first-order chi connectivity index (χ1) is 7.38. The molecule has 0 amide bonds. The molecule has 0 aromatic carbocycles. The molecule has 4 nitrogen and oxygen atoms in total. The summed E-state index contributed by atoms with van der Waals surface area (Å²) < 4.78 is 22.7. The lowest BCUT2D eigenvalue weighted by atomic mass is 10.0. The minimum atomic E-state index is -3.66. The van der Waals surface area contributed by atoms with E-state index in [4.69, 9.17) is 5.14 Å². The standard InChI is InChI=1S/C11H18N2O2S/c1-4-5-6-10-8(2)11(16(12,14)15)7-13-9(10)3/h7H,4-6H2,1-3H3,(H2,12,14,15). The number of hydrogen-bond donors (Lipinski definition) is 1. The van der Waals surface area contributed by atoms with Crippen LogP contribution >= 0.6 is 0 Å². The first-order valence-corrected chi connectivity index (χ1v) is 6.90. The number of nitrogens with two attached hydrogens (primary N) is 1. The van der Waals surface area contributed by atoms with Crippen molar-refractivity contribution >= 4 is 10.0 Å². The maximum Gasteiger partial charge on any atom is 0.239 e. The highest BCUT2D eigenvalue weighted by molar-refractivity contribution is 7.89. The fraction of sp³-hybridized carbons (Fsp3) is 0.545. The monoisotopic (exact) mass is 242 g/mol. The van der Waals surface area contributed by atoms with Crippen LogP contribution in [0.1, 0.15) is 36.6 Å². The molecular weight excluding hydrogens is 224 g/mol. The van der Waals surface area contributed by atoms with Crippen LogP contribution in [0.2, 0.25) is 0 Å². The molecule has 1 rings (SSSR count). The average molecular weight is 242 g/mol. The maximum absolute atomic E-state index is 11.3. The topological polar surface area (TPSA) is 73.0 Å². The van der Waals surface area contributed by atoms with Crippen molar-refractivity contribution in [3.05, 3.63) is 23.0 Å². The second kappa shape index (κ2) is 4.93. The summed E-state index contributed by atoms with van der Waals surface area (Å²) in [5.74, 6) is 0. The van der Waals surface area contributed by atoms with Crippen molar-refractivity contribution < 1.29 is 8.42 Å². The lowest BCUT2D eigenvalue weighted by Gasteiger charge is -2.11. The molecule has 16 heavy (non-hydrogen) atoms. The van der Waals surface area contributed by atoms with Crippen molar-refractivity contribution in [3.63, 3.8) is 0 Å². The van der Waals surface area contributed by atoms with Gasteiger partial charge in [-0.1, -0.05) is 13.3 Å². The first kappa shape index (κ1) is 13.1. The third-order valence-corrected chi connectivity index (χ3v) is 3.75. The SMILES string of the molecule is CCCCc1c(C)ncc(S(N)(=O)=O)c1C. The minimum absolute atomic E-state index is 0.143. The molecular formula is C11H18N2O2S. The molecule has 0 aliphatic rings. The van der Waals surface area contributed by atoms with E-state index >= 15 is 0 Å². The molecule has 0 atom stereocenters. The zero-order valence-corrected chi connectivity index (χ0v) is 10.8. The molecule has 0 aliphatic carbocycles. The number of hydrogen-bond acceptors (Lipinski definition) is 3. The van der Waals surface area contributed by atoms with E-state index in [-0.39, 0.29) is 4.90 Å². The highest BCUT2D eigenvalue weighted by Crippen LogP contribution is 2.20. The van der Waals surface area contributed by atoms with Crippen LogP contribution in [0.5, 0.6) is 0 Å². The third-order valence-electron chi connectivity index (χ3n) is 2.72. The van der Waals surface area contributed by atoms with Gasteiger partial charge < -0.3 is 0 Å². The zero-order chi connectivity index (χ0) is 12.3. The second-order valence-electron chi connectivity index (χ2n) is 3.96. The van der Waals surface area contributed by atoms with Crippen LogP contribution in [-0.2, 0) is 16.4 Å². The molecule has 0 saturated heterocycles. The number of sulfonamides is 1. The Morgan fingerprint density at radius 2 is 2.00 bits per heavy atom. The number of nitrogens with zero attached hydrogens (tertiary/aromatic N) is 1. The van der Waals surface area contributed by atoms with Crippen LogP contribution in [0.4, 0.5) is 0 Å².